The van der Waals surface area contributed by atoms with Gasteiger partial charge in [-0.1, -0.05) is 82.1 Å². The molecule has 2 aromatic carbocycles. The molecular formula is C30H33F5O2. The van der Waals surface area contributed by atoms with Crippen LogP contribution in [0.2, 0.25) is 0 Å². The summed E-state index contributed by atoms with van der Waals surface area (Å²) in [5, 5.41) is 0. The van der Waals surface area contributed by atoms with Crippen LogP contribution in [-0.4, -0.2) is 19.4 Å². The average molecular weight is 521 g/mol. The van der Waals surface area contributed by atoms with E-state index in [1.54, 1.807) is 24.3 Å². The SMILES string of the molecule is CCCC1CCC(CCC2COC(c3ccc(-c4cc(F)c(C#CC(F)(F)F)c(F)c4)cc3)OC2)CC1. The van der Waals surface area contributed by atoms with Gasteiger partial charge < -0.3 is 9.47 Å². The fraction of sp³-hybridized carbons (Fsp3) is 0.533. The average Bonchev–Trinajstić information content (AvgIpc) is 2.88. The first-order valence-corrected chi connectivity index (χ1v) is 13.1. The van der Waals surface area contributed by atoms with Gasteiger partial charge in [-0.15, -0.1) is 0 Å². The van der Waals surface area contributed by atoms with Crippen molar-refractivity contribution in [2.45, 2.75) is 70.8 Å². The highest BCUT2D eigenvalue weighted by molar-refractivity contribution is 5.65. The Kier molecular flexibility index (Phi) is 9.26. The summed E-state index contributed by atoms with van der Waals surface area (Å²) in [6.07, 6.45) is 5.06. The summed E-state index contributed by atoms with van der Waals surface area (Å²) in [6.45, 7) is 3.53. The number of ether oxygens (including phenoxy) is 2. The zero-order chi connectivity index (χ0) is 26.4. The molecule has 0 spiro atoms. The summed E-state index contributed by atoms with van der Waals surface area (Å²) in [4.78, 5) is 0. The van der Waals surface area contributed by atoms with E-state index in [2.05, 4.69) is 6.92 Å². The van der Waals surface area contributed by atoms with Crippen molar-refractivity contribution in [3.8, 4) is 23.0 Å². The lowest BCUT2D eigenvalue weighted by Crippen LogP contribution is -2.27. The second-order valence-electron chi connectivity index (χ2n) is 10.3. The molecule has 200 valence electrons. The van der Waals surface area contributed by atoms with E-state index in [1.807, 2.05) is 0 Å². The van der Waals surface area contributed by atoms with Gasteiger partial charge in [0.15, 0.2) is 6.29 Å². The number of hydrogen-bond donors (Lipinski definition) is 0. The standard InChI is InChI=1S/C30H33F5O2/c1-2-3-20-4-6-21(7-5-20)8-9-22-18-36-29(37-19-22)24-12-10-23(11-13-24)25-16-27(31)26(28(32)17-25)14-15-30(33,34)35/h10-13,16-17,20-22,29H,2-9,18-19H2,1H3. The molecule has 0 N–H and O–H groups in total. The molecular weight excluding hydrogens is 487 g/mol. The first kappa shape index (κ1) is 27.6. The van der Waals surface area contributed by atoms with Gasteiger partial charge >= 0.3 is 6.18 Å². The maximum Gasteiger partial charge on any atom is 0.458 e. The fourth-order valence-corrected chi connectivity index (χ4v) is 5.42. The smallest absolute Gasteiger partial charge is 0.348 e. The molecule has 0 atom stereocenters. The molecule has 4 rings (SSSR count). The predicted octanol–water partition coefficient (Wildman–Crippen LogP) is 8.59. The van der Waals surface area contributed by atoms with Crippen molar-refractivity contribution in [3.63, 3.8) is 0 Å². The lowest BCUT2D eigenvalue weighted by atomic mass is 9.77. The highest BCUT2D eigenvalue weighted by Crippen LogP contribution is 2.36. The van der Waals surface area contributed by atoms with Gasteiger partial charge in [0.05, 0.1) is 18.8 Å². The monoisotopic (exact) mass is 520 g/mol. The van der Waals surface area contributed by atoms with Gasteiger partial charge in [-0.25, -0.2) is 8.78 Å². The molecule has 37 heavy (non-hydrogen) atoms. The van der Waals surface area contributed by atoms with Crippen LogP contribution in [0.25, 0.3) is 11.1 Å². The van der Waals surface area contributed by atoms with E-state index in [0.717, 1.165) is 41.9 Å². The largest absolute Gasteiger partial charge is 0.458 e. The molecule has 2 aliphatic rings. The van der Waals surface area contributed by atoms with E-state index in [0.29, 0.717) is 24.7 Å². The first-order valence-electron chi connectivity index (χ1n) is 13.1. The van der Waals surface area contributed by atoms with Crippen LogP contribution in [0.5, 0.6) is 0 Å². The predicted molar refractivity (Wildman–Crippen MR) is 132 cm³/mol. The third-order valence-electron chi connectivity index (χ3n) is 7.50. The Balaban J connectivity index is 1.28. The van der Waals surface area contributed by atoms with Crippen LogP contribution in [0.1, 0.15) is 75.7 Å². The molecule has 0 amide bonds. The van der Waals surface area contributed by atoms with Crippen molar-refractivity contribution in [2.75, 3.05) is 13.2 Å². The molecule has 2 nitrogen and oxygen atoms in total. The molecule has 0 aromatic heterocycles. The van der Waals surface area contributed by atoms with Crippen LogP contribution in [0.3, 0.4) is 0 Å². The normalized spacial score (nSPS) is 24.4. The van der Waals surface area contributed by atoms with Gasteiger partial charge in [0, 0.05) is 17.4 Å². The Morgan fingerprint density at radius 1 is 0.784 bits per heavy atom. The van der Waals surface area contributed by atoms with Crippen LogP contribution >= 0.6 is 0 Å². The molecule has 0 radical (unpaired) electrons. The van der Waals surface area contributed by atoms with Crippen molar-refractivity contribution in [1.29, 1.82) is 0 Å². The number of hydrogen-bond acceptors (Lipinski definition) is 2. The quantitative estimate of drug-likeness (QED) is 0.269. The Labute approximate surface area is 215 Å². The molecule has 1 aliphatic carbocycles. The van der Waals surface area contributed by atoms with Crippen molar-refractivity contribution < 1.29 is 31.4 Å². The highest BCUT2D eigenvalue weighted by Gasteiger charge is 2.26. The minimum Gasteiger partial charge on any atom is -0.348 e. The third-order valence-corrected chi connectivity index (χ3v) is 7.50. The second-order valence-corrected chi connectivity index (χ2v) is 10.3. The van der Waals surface area contributed by atoms with Gasteiger partial charge in [-0.05, 0) is 41.5 Å². The molecule has 0 bridgehead atoms. The first-order chi connectivity index (χ1) is 17.7. The molecule has 1 saturated heterocycles. The van der Waals surface area contributed by atoms with Crippen LogP contribution in [0, 0.1) is 41.2 Å². The fourth-order valence-electron chi connectivity index (χ4n) is 5.42. The Morgan fingerprint density at radius 3 is 1.86 bits per heavy atom. The molecule has 7 heteroatoms. The Morgan fingerprint density at radius 2 is 1.32 bits per heavy atom. The van der Waals surface area contributed by atoms with Gasteiger partial charge in [0.1, 0.15) is 11.6 Å². The molecule has 1 aliphatic heterocycles. The molecule has 0 unspecified atom stereocenters. The maximum atomic E-state index is 14.3. The second kappa shape index (κ2) is 12.4. The maximum absolute atomic E-state index is 14.3. The lowest BCUT2D eigenvalue weighted by molar-refractivity contribution is -0.206. The van der Waals surface area contributed by atoms with Crippen LogP contribution in [-0.2, 0) is 9.47 Å². The van der Waals surface area contributed by atoms with Crippen LogP contribution in [0.15, 0.2) is 36.4 Å². The highest BCUT2D eigenvalue weighted by atomic mass is 19.4. The van der Waals surface area contributed by atoms with Crippen molar-refractivity contribution in [1.82, 2.24) is 0 Å². The van der Waals surface area contributed by atoms with Crippen molar-refractivity contribution in [3.05, 3.63) is 59.2 Å². The van der Waals surface area contributed by atoms with Crippen molar-refractivity contribution >= 4 is 0 Å². The van der Waals surface area contributed by atoms with E-state index in [9.17, 15) is 22.0 Å². The molecule has 1 saturated carbocycles. The van der Waals surface area contributed by atoms with E-state index in [4.69, 9.17) is 9.47 Å². The van der Waals surface area contributed by atoms with E-state index < -0.39 is 29.7 Å². The lowest BCUT2D eigenvalue weighted by Gasteiger charge is -2.32. The van der Waals surface area contributed by atoms with E-state index >= 15 is 0 Å². The zero-order valence-corrected chi connectivity index (χ0v) is 21.1. The summed E-state index contributed by atoms with van der Waals surface area (Å²) in [5.41, 5.74) is 0.609. The van der Waals surface area contributed by atoms with E-state index in [1.165, 1.54) is 50.9 Å². The van der Waals surface area contributed by atoms with Gasteiger partial charge in [-0.3, -0.25) is 0 Å². The zero-order valence-electron chi connectivity index (χ0n) is 21.1. The summed E-state index contributed by atoms with van der Waals surface area (Å²) >= 11 is 0. The molecule has 2 fully saturated rings. The Hall–Kier alpha value is -2.43. The molecule has 1 heterocycles. The summed E-state index contributed by atoms with van der Waals surface area (Å²) < 4.78 is 77.3. The number of rotatable bonds is 7. The minimum atomic E-state index is -4.83. The van der Waals surface area contributed by atoms with Gasteiger partial charge in [0.2, 0.25) is 0 Å². The topological polar surface area (TPSA) is 18.5 Å². The number of halogens is 5. The summed E-state index contributed by atoms with van der Waals surface area (Å²) in [5.74, 6) is 2.26. The molecule has 2 aromatic rings. The van der Waals surface area contributed by atoms with Crippen LogP contribution < -0.4 is 0 Å². The minimum absolute atomic E-state index is 0.202. The van der Waals surface area contributed by atoms with Crippen LogP contribution in [0.4, 0.5) is 22.0 Å². The summed E-state index contributed by atoms with van der Waals surface area (Å²) in [7, 11) is 0. The van der Waals surface area contributed by atoms with Crippen molar-refractivity contribution in [2.24, 2.45) is 17.8 Å². The Bertz CT molecular complexity index is 1060. The summed E-state index contributed by atoms with van der Waals surface area (Å²) in [6, 6.07) is 8.85. The van der Waals surface area contributed by atoms with Gasteiger partial charge in [0.25, 0.3) is 0 Å². The third kappa shape index (κ3) is 7.78. The number of benzene rings is 2. The van der Waals surface area contributed by atoms with E-state index in [-0.39, 0.29) is 5.56 Å². The number of alkyl halides is 3. The van der Waals surface area contributed by atoms with Gasteiger partial charge in [-0.2, -0.15) is 13.2 Å².